The second kappa shape index (κ2) is 6.72. The molecule has 3 heteroatoms. The molecule has 0 bridgehead atoms. The van der Waals surface area contributed by atoms with E-state index in [4.69, 9.17) is 11.6 Å². The quantitative estimate of drug-likeness (QED) is 0.889. The molecule has 1 atom stereocenters. The summed E-state index contributed by atoms with van der Waals surface area (Å²) in [7, 11) is 2.01. The number of benzene rings is 2. The molecule has 1 heterocycles. The van der Waals surface area contributed by atoms with Crippen LogP contribution in [0.15, 0.2) is 42.5 Å². The Morgan fingerprint density at radius 3 is 2.59 bits per heavy atom. The molecule has 3 rings (SSSR count). The Kier molecular flexibility index (Phi) is 4.70. The molecule has 1 unspecified atom stereocenters. The smallest absolute Gasteiger partial charge is 0.0460 e. The minimum Gasteiger partial charge on any atom is -0.338 e. The number of aryl methyl sites for hydroxylation is 2. The zero-order chi connectivity index (χ0) is 15.5. The second-order valence-electron chi connectivity index (χ2n) is 6.01. The number of nitrogens with zero attached hydrogens (tertiary/aromatic N) is 1. The highest BCUT2D eigenvalue weighted by atomic mass is 35.5. The van der Waals surface area contributed by atoms with Crippen molar-refractivity contribution >= 4 is 23.0 Å². The predicted octanol–water partition coefficient (Wildman–Crippen LogP) is 4.57. The third-order valence-corrected chi connectivity index (χ3v) is 4.71. The topological polar surface area (TPSA) is 15.3 Å². The predicted molar refractivity (Wildman–Crippen MR) is 95.4 cm³/mol. The van der Waals surface area contributed by atoms with Gasteiger partial charge in [-0.1, -0.05) is 35.9 Å². The van der Waals surface area contributed by atoms with Gasteiger partial charge in [-0.15, -0.1) is 0 Å². The number of hydrogen-bond donors (Lipinski definition) is 1. The first-order valence-electron chi connectivity index (χ1n) is 8.01. The average molecular weight is 315 g/mol. The molecule has 2 nitrogen and oxygen atoms in total. The normalized spacial score (nSPS) is 15.0. The molecule has 2 aromatic carbocycles. The fourth-order valence-corrected chi connectivity index (χ4v) is 3.45. The molecule has 0 saturated carbocycles. The lowest BCUT2D eigenvalue weighted by Crippen LogP contribution is -2.31. The molecule has 22 heavy (non-hydrogen) atoms. The van der Waals surface area contributed by atoms with Crippen LogP contribution in [0.2, 0.25) is 5.02 Å². The van der Waals surface area contributed by atoms with Crippen molar-refractivity contribution in [1.82, 2.24) is 5.32 Å². The van der Waals surface area contributed by atoms with E-state index in [0.29, 0.717) is 6.04 Å². The lowest BCUT2D eigenvalue weighted by molar-refractivity contribution is 0.613. The molecule has 0 saturated heterocycles. The van der Waals surface area contributed by atoms with Crippen LogP contribution in [0.4, 0.5) is 11.4 Å². The average Bonchev–Trinajstić information content (AvgIpc) is 2.69. The number of anilines is 2. The maximum absolute atomic E-state index is 6.29. The highest BCUT2D eigenvalue weighted by Crippen LogP contribution is 2.39. The summed E-state index contributed by atoms with van der Waals surface area (Å²) in [5, 5.41) is 4.07. The van der Waals surface area contributed by atoms with E-state index < -0.39 is 0 Å². The first kappa shape index (κ1) is 15.4. The van der Waals surface area contributed by atoms with E-state index in [0.717, 1.165) is 30.8 Å². The molecule has 0 fully saturated rings. The largest absolute Gasteiger partial charge is 0.338 e. The summed E-state index contributed by atoms with van der Waals surface area (Å²) < 4.78 is 0. The molecule has 1 aliphatic heterocycles. The lowest BCUT2D eigenvalue weighted by atomic mass is 10.0. The Morgan fingerprint density at radius 2 is 1.82 bits per heavy atom. The van der Waals surface area contributed by atoms with Crippen molar-refractivity contribution < 1.29 is 0 Å². The zero-order valence-electron chi connectivity index (χ0n) is 13.3. The summed E-state index contributed by atoms with van der Waals surface area (Å²) in [6.45, 7) is 3.31. The monoisotopic (exact) mass is 314 g/mol. The highest BCUT2D eigenvalue weighted by molar-refractivity contribution is 6.30. The first-order valence-corrected chi connectivity index (χ1v) is 8.38. The summed E-state index contributed by atoms with van der Waals surface area (Å²) in [6.07, 6.45) is 3.25. The Morgan fingerprint density at radius 1 is 1.09 bits per heavy atom. The number of rotatable bonds is 4. The molecule has 1 aliphatic rings. The number of fused-ring (bicyclic) bond motifs is 2. The van der Waals surface area contributed by atoms with Crippen molar-refractivity contribution in [3.63, 3.8) is 0 Å². The van der Waals surface area contributed by atoms with E-state index in [1.807, 2.05) is 13.1 Å². The van der Waals surface area contributed by atoms with Gasteiger partial charge in [-0.25, -0.2) is 0 Å². The van der Waals surface area contributed by atoms with Crippen LogP contribution in [0.25, 0.3) is 0 Å². The van der Waals surface area contributed by atoms with Crippen LogP contribution < -0.4 is 10.2 Å². The van der Waals surface area contributed by atoms with E-state index in [9.17, 15) is 0 Å². The van der Waals surface area contributed by atoms with Crippen molar-refractivity contribution in [2.45, 2.75) is 32.2 Å². The van der Waals surface area contributed by atoms with E-state index in [1.165, 1.54) is 22.5 Å². The van der Waals surface area contributed by atoms with Crippen molar-refractivity contribution in [3.05, 3.63) is 58.6 Å². The van der Waals surface area contributed by atoms with Gasteiger partial charge in [-0.05, 0) is 69.1 Å². The van der Waals surface area contributed by atoms with Gasteiger partial charge in [0.15, 0.2) is 0 Å². The van der Waals surface area contributed by atoms with Crippen LogP contribution in [0.5, 0.6) is 0 Å². The van der Waals surface area contributed by atoms with Crippen LogP contribution >= 0.6 is 11.6 Å². The van der Waals surface area contributed by atoms with Gasteiger partial charge < -0.3 is 10.2 Å². The minimum absolute atomic E-state index is 0.420. The SMILES string of the molecule is CNCCC(C)N1c2ccccc2CCc2ccc(Cl)cc21. The van der Waals surface area contributed by atoms with Gasteiger partial charge >= 0.3 is 0 Å². The Bertz CT molecular complexity index is 654. The van der Waals surface area contributed by atoms with Crippen molar-refractivity contribution in [2.75, 3.05) is 18.5 Å². The number of hydrogen-bond acceptors (Lipinski definition) is 2. The Labute approximate surface area is 138 Å². The standard InChI is InChI=1S/C19H23ClN2/c1-14(11-12-21-2)22-18-6-4-3-5-15(18)7-8-16-9-10-17(20)13-19(16)22/h3-6,9-10,13-14,21H,7-8,11-12H2,1-2H3. The summed E-state index contributed by atoms with van der Waals surface area (Å²) >= 11 is 6.29. The van der Waals surface area contributed by atoms with Gasteiger partial charge in [0, 0.05) is 22.4 Å². The minimum atomic E-state index is 0.420. The van der Waals surface area contributed by atoms with Crippen molar-refractivity contribution in [1.29, 1.82) is 0 Å². The zero-order valence-corrected chi connectivity index (χ0v) is 14.0. The molecule has 0 spiro atoms. The van der Waals surface area contributed by atoms with Gasteiger partial charge in [-0.3, -0.25) is 0 Å². The molecule has 0 radical (unpaired) electrons. The third-order valence-electron chi connectivity index (χ3n) is 4.47. The van der Waals surface area contributed by atoms with Crippen LogP contribution in [-0.2, 0) is 12.8 Å². The van der Waals surface area contributed by atoms with Crippen molar-refractivity contribution in [2.24, 2.45) is 0 Å². The Balaban J connectivity index is 2.10. The fourth-order valence-electron chi connectivity index (χ4n) is 3.29. The molecule has 0 aliphatic carbocycles. The molecular formula is C19H23ClN2. The number of halogens is 1. The first-order chi connectivity index (χ1) is 10.7. The second-order valence-corrected chi connectivity index (χ2v) is 6.45. The highest BCUT2D eigenvalue weighted by Gasteiger charge is 2.24. The van der Waals surface area contributed by atoms with Crippen LogP contribution in [-0.4, -0.2) is 19.6 Å². The van der Waals surface area contributed by atoms with Gasteiger partial charge in [0.2, 0.25) is 0 Å². The summed E-state index contributed by atoms with van der Waals surface area (Å²) in [5.41, 5.74) is 5.40. The van der Waals surface area contributed by atoms with E-state index in [1.54, 1.807) is 0 Å². The van der Waals surface area contributed by atoms with Gasteiger partial charge in [0.05, 0.1) is 0 Å². The Hall–Kier alpha value is -1.51. The van der Waals surface area contributed by atoms with Gasteiger partial charge in [0.1, 0.15) is 0 Å². The summed E-state index contributed by atoms with van der Waals surface area (Å²) in [6, 6.07) is 15.5. The summed E-state index contributed by atoms with van der Waals surface area (Å²) in [4.78, 5) is 2.47. The fraction of sp³-hybridized carbons (Fsp3) is 0.368. The molecule has 0 amide bonds. The maximum atomic E-state index is 6.29. The van der Waals surface area contributed by atoms with E-state index in [2.05, 4.69) is 53.5 Å². The number of nitrogens with one attached hydrogen (secondary N) is 1. The maximum Gasteiger partial charge on any atom is 0.0460 e. The molecule has 116 valence electrons. The molecule has 2 aromatic rings. The van der Waals surface area contributed by atoms with E-state index >= 15 is 0 Å². The van der Waals surface area contributed by atoms with Crippen LogP contribution in [0.1, 0.15) is 24.5 Å². The lowest BCUT2D eigenvalue weighted by Gasteiger charge is -2.33. The molecule has 0 aromatic heterocycles. The number of para-hydroxylation sites is 1. The molecular weight excluding hydrogens is 292 g/mol. The van der Waals surface area contributed by atoms with Crippen molar-refractivity contribution in [3.8, 4) is 0 Å². The third kappa shape index (κ3) is 2.99. The molecule has 1 N–H and O–H groups in total. The van der Waals surface area contributed by atoms with Crippen LogP contribution in [0.3, 0.4) is 0 Å². The van der Waals surface area contributed by atoms with Crippen LogP contribution in [0, 0.1) is 0 Å². The van der Waals surface area contributed by atoms with Gasteiger partial charge in [0.25, 0.3) is 0 Å². The summed E-state index contributed by atoms with van der Waals surface area (Å²) in [5.74, 6) is 0. The van der Waals surface area contributed by atoms with Gasteiger partial charge in [-0.2, -0.15) is 0 Å². The van der Waals surface area contributed by atoms with E-state index in [-0.39, 0.29) is 0 Å².